The van der Waals surface area contributed by atoms with Crippen LogP contribution in [0, 0.1) is 0 Å². The van der Waals surface area contributed by atoms with Gasteiger partial charge in [-0.05, 0) is 19.1 Å². The second kappa shape index (κ2) is 4.14. The first-order valence-electron chi connectivity index (χ1n) is 5.47. The molecule has 2 rings (SSSR count). The van der Waals surface area contributed by atoms with E-state index < -0.39 is 0 Å². The molecule has 1 aromatic carbocycles. The van der Waals surface area contributed by atoms with Crippen LogP contribution < -0.4 is 15.5 Å². The molecule has 1 amide bonds. The number of benzene rings is 1. The summed E-state index contributed by atoms with van der Waals surface area (Å²) < 4.78 is 0. The summed E-state index contributed by atoms with van der Waals surface area (Å²) in [6.07, 6.45) is 0. The Morgan fingerprint density at radius 3 is 2.62 bits per heavy atom. The number of nitrogens with zero attached hydrogens (tertiary/aromatic N) is 2. The summed E-state index contributed by atoms with van der Waals surface area (Å²) in [5.41, 5.74) is 7.69. The molecule has 16 heavy (non-hydrogen) atoms. The van der Waals surface area contributed by atoms with Gasteiger partial charge in [-0.1, -0.05) is 12.1 Å². The van der Waals surface area contributed by atoms with E-state index in [4.69, 9.17) is 5.73 Å². The van der Waals surface area contributed by atoms with Crippen molar-refractivity contribution in [3.8, 4) is 0 Å². The molecule has 4 nitrogen and oxygen atoms in total. The minimum Gasteiger partial charge on any atom is -0.364 e. The summed E-state index contributed by atoms with van der Waals surface area (Å²) >= 11 is 0. The fourth-order valence-electron chi connectivity index (χ4n) is 2.08. The van der Waals surface area contributed by atoms with Gasteiger partial charge in [0.05, 0.1) is 17.9 Å². The third-order valence-electron chi connectivity index (χ3n) is 2.98. The molecular weight excluding hydrogens is 202 g/mol. The molecule has 0 aliphatic carbocycles. The van der Waals surface area contributed by atoms with E-state index in [0.29, 0.717) is 13.1 Å². The van der Waals surface area contributed by atoms with E-state index in [1.807, 2.05) is 43.1 Å². The maximum Gasteiger partial charge on any atom is 0.246 e. The Kier molecular flexibility index (Phi) is 2.83. The van der Waals surface area contributed by atoms with Crippen LogP contribution in [-0.2, 0) is 4.79 Å². The molecule has 1 aliphatic heterocycles. The Morgan fingerprint density at radius 1 is 1.38 bits per heavy atom. The van der Waals surface area contributed by atoms with Gasteiger partial charge in [0, 0.05) is 19.6 Å². The number of rotatable bonds is 2. The highest BCUT2D eigenvalue weighted by Gasteiger charge is 2.29. The van der Waals surface area contributed by atoms with E-state index in [1.54, 1.807) is 4.90 Å². The van der Waals surface area contributed by atoms with Crippen LogP contribution in [0.15, 0.2) is 24.3 Å². The molecule has 86 valence electrons. The molecule has 2 N–H and O–H groups in total. The summed E-state index contributed by atoms with van der Waals surface area (Å²) in [5, 5.41) is 0. The third-order valence-corrected chi connectivity index (χ3v) is 2.98. The van der Waals surface area contributed by atoms with E-state index in [9.17, 15) is 4.79 Å². The first kappa shape index (κ1) is 11.0. The summed E-state index contributed by atoms with van der Waals surface area (Å²) in [4.78, 5) is 15.8. The molecule has 0 bridgehead atoms. The number of amides is 1. The molecule has 0 saturated carbocycles. The second-order valence-electron chi connectivity index (χ2n) is 4.19. The average Bonchev–Trinajstić information content (AvgIpc) is 2.28. The number of carbonyl (C=O) groups is 1. The zero-order chi connectivity index (χ0) is 11.7. The summed E-state index contributed by atoms with van der Waals surface area (Å²) in [7, 11) is 1.93. The molecule has 0 spiro atoms. The van der Waals surface area contributed by atoms with Crippen molar-refractivity contribution >= 4 is 17.3 Å². The van der Waals surface area contributed by atoms with Gasteiger partial charge in [-0.25, -0.2) is 0 Å². The Bertz CT molecular complexity index is 405. The monoisotopic (exact) mass is 219 g/mol. The van der Waals surface area contributed by atoms with Crippen molar-refractivity contribution in [2.24, 2.45) is 5.73 Å². The minimum atomic E-state index is 0.0438. The lowest BCUT2D eigenvalue weighted by atomic mass is 10.1. The molecule has 0 fully saturated rings. The Balaban J connectivity index is 2.47. The minimum absolute atomic E-state index is 0.0438. The van der Waals surface area contributed by atoms with Gasteiger partial charge in [0.1, 0.15) is 0 Å². The first-order valence-corrected chi connectivity index (χ1v) is 5.47. The number of carbonyl (C=O) groups excluding carboxylic acids is 1. The summed E-state index contributed by atoms with van der Waals surface area (Å²) in [6.45, 7) is 2.87. The van der Waals surface area contributed by atoms with E-state index in [0.717, 1.165) is 11.4 Å². The number of hydrogen-bond acceptors (Lipinski definition) is 3. The fraction of sp³-hybridized carbons (Fsp3) is 0.417. The average molecular weight is 219 g/mol. The van der Waals surface area contributed by atoms with Crippen molar-refractivity contribution in [2.75, 3.05) is 29.9 Å². The van der Waals surface area contributed by atoms with Crippen LogP contribution in [0.4, 0.5) is 11.4 Å². The SMILES string of the molecule is CC(CN)N1C(=O)CN(C)c2ccccc21. The normalized spacial score (nSPS) is 17.3. The maximum atomic E-state index is 12.0. The maximum absolute atomic E-state index is 12.0. The lowest BCUT2D eigenvalue weighted by Crippen LogP contribution is -2.50. The molecule has 1 aromatic rings. The van der Waals surface area contributed by atoms with Gasteiger partial charge in [-0.2, -0.15) is 0 Å². The fourth-order valence-corrected chi connectivity index (χ4v) is 2.08. The number of para-hydroxylation sites is 2. The number of fused-ring (bicyclic) bond motifs is 1. The molecule has 4 heteroatoms. The van der Waals surface area contributed by atoms with Crippen LogP contribution in [-0.4, -0.2) is 32.1 Å². The van der Waals surface area contributed by atoms with Crippen LogP contribution in [0.2, 0.25) is 0 Å². The highest BCUT2D eigenvalue weighted by molar-refractivity contribution is 6.03. The smallest absolute Gasteiger partial charge is 0.246 e. The van der Waals surface area contributed by atoms with Gasteiger partial charge in [0.15, 0.2) is 0 Å². The quantitative estimate of drug-likeness (QED) is 0.801. The predicted octanol–water partition coefficient (Wildman–Crippen LogP) is 0.817. The first-order chi connectivity index (χ1) is 7.65. The van der Waals surface area contributed by atoms with Crippen LogP contribution in [0.5, 0.6) is 0 Å². The highest BCUT2D eigenvalue weighted by atomic mass is 16.2. The van der Waals surface area contributed by atoms with Crippen LogP contribution >= 0.6 is 0 Å². The summed E-state index contributed by atoms with van der Waals surface area (Å²) in [5.74, 6) is 0.110. The lowest BCUT2D eigenvalue weighted by Gasteiger charge is -2.38. The van der Waals surface area contributed by atoms with Gasteiger partial charge in [0.25, 0.3) is 0 Å². The van der Waals surface area contributed by atoms with Crippen LogP contribution in [0.1, 0.15) is 6.92 Å². The van der Waals surface area contributed by atoms with Crippen molar-refractivity contribution in [2.45, 2.75) is 13.0 Å². The van der Waals surface area contributed by atoms with E-state index in [2.05, 4.69) is 0 Å². The van der Waals surface area contributed by atoms with Crippen molar-refractivity contribution in [3.63, 3.8) is 0 Å². The predicted molar refractivity (Wildman–Crippen MR) is 65.7 cm³/mol. The topological polar surface area (TPSA) is 49.6 Å². The Morgan fingerprint density at radius 2 is 2.00 bits per heavy atom. The van der Waals surface area contributed by atoms with Crippen LogP contribution in [0.25, 0.3) is 0 Å². The number of hydrogen-bond donors (Lipinski definition) is 1. The molecule has 1 aliphatic rings. The number of anilines is 2. The van der Waals surface area contributed by atoms with Crippen molar-refractivity contribution in [3.05, 3.63) is 24.3 Å². The molecule has 0 saturated heterocycles. The highest BCUT2D eigenvalue weighted by Crippen LogP contribution is 2.33. The van der Waals surface area contributed by atoms with Crippen molar-refractivity contribution in [1.29, 1.82) is 0 Å². The second-order valence-corrected chi connectivity index (χ2v) is 4.19. The van der Waals surface area contributed by atoms with E-state index >= 15 is 0 Å². The standard InChI is InChI=1S/C12H17N3O/c1-9(7-13)15-11-6-4-3-5-10(11)14(2)8-12(15)16/h3-6,9H,7-8,13H2,1-2H3. The Hall–Kier alpha value is -1.55. The summed E-state index contributed by atoms with van der Waals surface area (Å²) in [6, 6.07) is 7.97. The molecule has 1 heterocycles. The molecule has 0 aromatic heterocycles. The third kappa shape index (κ3) is 1.65. The van der Waals surface area contributed by atoms with E-state index in [1.165, 1.54) is 0 Å². The van der Waals surface area contributed by atoms with Gasteiger partial charge < -0.3 is 15.5 Å². The molecule has 1 atom stereocenters. The zero-order valence-corrected chi connectivity index (χ0v) is 9.68. The zero-order valence-electron chi connectivity index (χ0n) is 9.68. The molecule has 0 radical (unpaired) electrons. The number of likely N-dealkylation sites (N-methyl/N-ethyl adjacent to an activating group) is 1. The largest absolute Gasteiger partial charge is 0.364 e. The Labute approximate surface area is 95.6 Å². The van der Waals surface area contributed by atoms with Gasteiger partial charge >= 0.3 is 0 Å². The molecular formula is C12H17N3O. The van der Waals surface area contributed by atoms with Gasteiger partial charge in [-0.15, -0.1) is 0 Å². The van der Waals surface area contributed by atoms with Crippen LogP contribution in [0.3, 0.4) is 0 Å². The van der Waals surface area contributed by atoms with Crippen molar-refractivity contribution in [1.82, 2.24) is 0 Å². The van der Waals surface area contributed by atoms with Crippen molar-refractivity contribution < 1.29 is 4.79 Å². The van der Waals surface area contributed by atoms with Gasteiger partial charge in [-0.3, -0.25) is 4.79 Å². The lowest BCUT2D eigenvalue weighted by molar-refractivity contribution is -0.117. The number of nitrogens with two attached hydrogens (primary N) is 1. The molecule has 1 unspecified atom stereocenters. The van der Waals surface area contributed by atoms with Gasteiger partial charge in [0.2, 0.25) is 5.91 Å². The van der Waals surface area contributed by atoms with E-state index in [-0.39, 0.29) is 11.9 Å².